The van der Waals surface area contributed by atoms with Crippen LogP contribution < -0.4 is 5.32 Å². The smallest absolute Gasteiger partial charge is 0.309 e. The van der Waals surface area contributed by atoms with Gasteiger partial charge in [0.25, 0.3) is 0 Å². The molecule has 1 nitrogen and oxygen atoms in total. The van der Waals surface area contributed by atoms with Gasteiger partial charge in [0, 0.05) is 0 Å². The van der Waals surface area contributed by atoms with Crippen LogP contribution in [0.1, 0.15) is 28.3 Å². The Balaban J connectivity index is 2.56. The molecule has 2 aromatic carbocycles. The summed E-state index contributed by atoms with van der Waals surface area (Å²) in [5, 5.41) is 2.83. The van der Waals surface area contributed by atoms with Crippen LogP contribution in [0.4, 0.5) is 17.6 Å². The van der Waals surface area contributed by atoms with Gasteiger partial charge in [0.2, 0.25) is 0 Å². The topological polar surface area (TPSA) is 12.0 Å². The molecule has 0 spiro atoms. The highest BCUT2D eigenvalue weighted by atomic mass is 19.4. The van der Waals surface area contributed by atoms with Gasteiger partial charge in [-0.05, 0) is 43.3 Å². The van der Waals surface area contributed by atoms with Gasteiger partial charge >= 0.3 is 6.18 Å². The highest BCUT2D eigenvalue weighted by Gasteiger charge is 2.35. The first-order chi connectivity index (χ1) is 9.82. The molecule has 0 saturated carbocycles. The van der Waals surface area contributed by atoms with Crippen LogP contribution in [0, 0.1) is 12.7 Å². The van der Waals surface area contributed by atoms with Crippen LogP contribution in [-0.2, 0) is 6.18 Å². The zero-order valence-electron chi connectivity index (χ0n) is 11.6. The normalized spacial score (nSPS) is 13.2. The van der Waals surface area contributed by atoms with E-state index in [0.717, 1.165) is 23.8 Å². The van der Waals surface area contributed by atoms with Crippen molar-refractivity contribution in [1.82, 2.24) is 5.32 Å². The molecule has 0 aliphatic rings. The summed E-state index contributed by atoms with van der Waals surface area (Å²) in [5.41, 5.74) is 0.709. The molecule has 2 aromatic rings. The Morgan fingerprint density at radius 2 is 1.62 bits per heavy atom. The van der Waals surface area contributed by atoms with E-state index < -0.39 is 23.6 Å². The zero-order valence-corrected chi connectivity index (χ0v) is 11.6. The average Bonchev–Trinajstić information content (AvgIpc) is 2.40. The number of nitrogens with one attached hydrogen (secondary N) is 1. The minimum Gasteiger partial charge on any atom is -0.309 e. The molecule has 0 saturated heterocycles. The standard InChI is InChI=1S/C16H15F4N/c1-10-3-5-11(6-4-10)15(21-2)13-9-12(17)7-8-14(13)16(18,19)20/h3-9,15,21H,1-2H3. The van der Waals surface area contributed by atoms with Crippen molar-refractivity contribution < 1.29 is 17.6 Å². The van der Waals surface area contributed by atoms with Crippen molar-refractivity contribution in [1.29, 1.82) is 0 Å². The Bertz CT molecular complexity index is 617. The van der Waals surface area contributed by atoms with Crippen LogP contribution in [-0.4, -0.2) is 7.05 Å². The first kappa shape index (κ1) is 15.5. The molecule has 0 aromatic heterocycles. The van der Waals surface area contributed by atoms with Gasteiger partial charge in [0.15, 0.2) is 0 Å². The molecule has 2 rings (SSSR count). The number of aryl methyl sites for hydroxylation is 1. The molecule has 112 valence electrons. The summed E-state index contributed by atoms with van der Waals surface area (Å²) in [6, 6.07) is 8.92. The molecule has 21 heavy (non-hydrogen) atoms. The van der Waals surface area contributed by atoms with E-state index in [4.69, 9.17) is 0 Å². The summed E-state index contributed by atoms with van der Waals surface area (Å²) >= 11 is 0. The van der Waals surface area contributed by atoms with Gasteiger partial charge in [-0.15, -0.1) is 0 Å². The quantitative estimate of drug-likeness (QED) is 0.825. The van der Waals surface area contributed by atoms with Crippen LogP contribution in [0.2, 0.25) is 0 Å². The Hall–Kier alpha value is -1.88. The van der Waals surface area contributed by atoms with Crippen LogP contribution in [0.25, 0.3) is 0 Å². The molecular formula is C16H15F4N. The van der Waals surface area contributed by atoms with Crippen molar-refractivity contribution in [3.8, 4) is 0 Å². The number of hydrogen-bond donors (Lipinski definition) is 1. The maximum absolute atomic E-state index is 13.4. The van der Waals surface area contributed by atoms with Gasteiger partial charge in [-0.3, -0.25) is 0 Å². The van der Waals surface area contributed by atoms with Gasteiger partial charge in [0.05, 0.1) is 11.6 Å². The number of benzene rings is 2. The van der Waals surface area contributed by atoms with Crippen LogP contribution in [0.3, 0.4) is 0 Å². The molecule has 0 aliphatic carbocycles. The predicted octanol–water partition coefficient (Wildman–Crippen LogP) is 4.46. The SMILES string of the molecule is CNC(c1ccc(C)cc1)c1cc(F)ccc1C(F)(F)F. The van der Waals surface area contributed by atoms with E-state index >= 15 is 0 Å². The lowest BCUT2D eigenvalue weighted by Crippen LogP contribution is -2.22. The van der Waals surface area contributed by atoms with Gasteiger partial charge in [-0.1, -0.05) is 29.8 Å². The average molecular weight is 297 g/mol. The van der Waals surface area contributed by atoms with E-state index in [9.17, 15) is 17.6 Å². The fourth-order valence-electron chi connectivity index (χ4n) is 2.29. The van der Waals surface area contributed by atoms with Gasteiger partial charge in [-0.2, -0.15) is 13.2 Å². The number of halogens is 4. The largest absolute Gasteiger partial charge is 0.416 e. The molecule has 1 N–H and O–H groups in total. The molecule has 0 radical (unpaired) electrons. The fourth-order valence-corrected chi connectivity index (χ4v) is 2.29. The van der Waals surface area contributed by atoms with E-state index in [0.29, 0.717) is 5.56 Å². The molecule has 0 heterocycles. The van der Waals surface area contributed by atoms with Crippen LogP contribution >= 0.6 is 0 Å². The van der Waals surface area contributed by atoms with E-state index in [2.05, 4.69) is 5.32 Å². The summed E-state index contributed by atoms with van der Waals surface area (Å²) in [5.74, 6) is -0.689. The fraction of sp³-hybridized carbons (Fsp3) is 0.250. The van der Waals surface area contributed by atoms with Crippen molar-refractivity contribution in [3.63, 3.8) is 0 Å². The van der Waals surface area contributed by atoms with Crippen LogP contribution in [0.15, 0.2) is 42.5 Å². The van der Waals surface area contributed by atoms with Gasteiger partial charge in [0.1, 0.15) is 5.82 Å². The first-order valence-corrected chi connectivity index (χ1v) is 6.43. The van der Waals surface area contributed by atoms with E-state index in [1.807, 2.05) is 19.1 Å². The second-order valence-corrected chi connectivity index (χ2v) is 4.86. The van der Waals surface area contributed by atoms with E-state index in [-0.39, 0.29) is 5.56 Å². The molecule has 0 amide bonds. The first-order valence-electron chi connectivity index (χ1n) is 6.43. The molecule has 0 bridgehead atoms. The minimum absolute atomic E-state index is 0.117. The van der Waals surface area contributed by atoms with Crippen molar-refractivity contribution in [2.75, 3.05) is 7.05 Å². The zero-order chi connectivity index (χ0) is 15.6. The Labute approximate surface area is 120 Å². The predicted molar refractivity (Wildman–Crippen MR) is 73.5 cm³/mol. The lowest BCUT2D eigenvalue weighted by molar-refractivity contribution is -0.138. The molecular weight excluding hydrogens is 282 g/mol. The third-order valence-corrected chi connectivity index (χ3v) is 3.33. The van der Waals surface area contributed by atoms with E-state index in [1.165, 1.54) is 0 Å². The minimum atomic E-state index is -4.52. The second kappa shape index (κ2) is 5.85. The Kier molecular flexibility index (Phi) is 4.32. The highest BCUT2D eigenvalue weighted by molar-refractivity contribution is 5.40. The maximum Gasteiger partial charge on any atom is 0.416 e. The Morgan fingerprint density at radius 1 is 1.00 bits per heavy atom. The van der Waals surface area contributed by atoms with Gasteiger partial charge in [-0.25, -0.2) is 4.39 Å². The van der Waals surface area contributed by atoms with Crippen LogP contribution in [0.5, 0.6) is 0 Å². The summed E-state index contributed by atoms with van der Waals surface area (Å²) < 4.78 is 52.7. The summed E-state index contributed by atoms with van der Waals surface area (Å²) in [4.78, 5) is 0. The summed E-state index contributed by atoms with van der Waals surface area (Å²) in [6.45, 7) is 1.89. The third-order valence-electron chi connectivity index (χ3n) is 3.33. The van der Waals surface area contributed by atoms with Gasteiger partial charge < -0.3 is 5.32 Å². The lowest BCUT2D eigenvalue weighted by Gasteiger charge is -2.22. The second-order valence-electron chi connectivity index (χ2n) is 4.86. The van der Waals surface area contributed by atoms with Crippen molar-refractivity contribution in [3.05, 3.63) is 70.5 Å². The number of hydrogen-bond acceptors (Lipinski definition) is 1. The molecule has 5 heteroatoms. The number of rotatable bonds is 3. The van der Waals surface area contributed by atoms with Crippen molar-refractivity contribution in [2.24, 2.45) is 0 Å². The third kappa shape index (κ3) is 3.42. The molecule has 0 aliphatic heterocycles. The monoisotopic (exact) mass is 297 g/mol. The maximum atomic E-state index is 13.4. The Morgan fingerprint density at radius 3 is 2.14 bits per heavy atom. The molecule has 0 fully saturated rings. The summed E-state index contributed by atoms with van der Waals surface area (Å²) in [6.07, 6.45) is -4.52. The van der Waals surface area contributed by atoms with Crippen molar-refractivity contribution in [2.45, 2.75) is 19.1 Å². The van der Waals surface area contributed by atoms with Crippen molar-refractivity contribution >= 4 is 0 Å². The van der Waals surface area contributed by atoms with E-state index in [1.54, 1.807) is 19.2 Å². The lowest BCUT2D eigenvalue weighted by atomic mass is 9.93. The highest BCUT2D eigenvalue weighted by Crippen LogP contribution is 2.36. The number of alkyl halides is 3. The molecule has 1 atom stereocenters. The molecule has 1 unspecified atom stereocenters. The summed E-state index contributed by atoms with van der Waals surface area (Å²) in [7, 11) is 1.55.